The first-order chi connectivity index (χ1) is 8.33. The Balaban J connectivity index is 1.67. The number of morpholine rings is 1. The molecular formula is C13H18N2O2. The van der Waals surface area contributed by atoms with Crippen LogP contribution in [0.2, 0.25) is 0 Å². The second-order valence-corrected chi connectivity index (χ2v) is 4.71. The van der Waals surface area contributed by atoms with Gasteiger partial charge in [0.25, 0.3) is 0 Å². The molecule has 0 aliphatic carbocycles. The number of hydrogen-bond donors (Lipinski definition) is 2. The van der Waals surface area contributed by atoms with Crippen LogP contribution in [-0.4, -0.2) is 44.0 Å². The van der Waals surface area contributed by atoms with E-state index < -0.39 is 0 Å². The Morgan fingerprint density at radius 2 is 2.00 bits per heavy atom. The first-order valence-corrected chi connectivity index (χ1v) is 6.18. The third-order valence-electron chi connectivity index (χ3n) is 3.42. The molecular weight excluding hydrogens is 216 g/mol. The number of aliphatic hydroxyl groups excluding tert-OH is 1. The maximum absolute atomic E-state index is 9.27. The van der Waals surface area contributed by atoms with E-state index in [1.54, 1.807) is 0 Å². The van der Waals surface area contributed by atoms with Crippen molar-refractivity contribution in [1.82, 2.24) is 5.32 Å². The van der Waals surface area contributed by atoms with Crippen LogP contribution in [-0.2, 0) is 4.74 Å². The van der Waals surface area contributed by atoms with Crippen LogP contribution in [0.25, 0.3) is 0 Å². The average Bonchev–Trinajstić information content (AvgIpc) is 2.36. The Hall–Kier alpha value is -1.10. The number of nitrogens with zero attached hydrogens (tertiary/aromatic N) is 1. The van der Waals surface area contributed by atoms with Crippen LogP contribution >= 0.6 is 0 Å². The van der Waals surface area contributed by atoms with E-state index in [1.165, 1.54) is 11.3 Å². The van der Waals surface area contributed by atoms with E-state index in [4.69, 9.17) is 4.74 Å². The van der Waals surface area contributed by atoms with Crippen LogP contribution in [0.15, 0.2) is 24.3 Å². The molecule has 0 saturated carbocycles. The average molecular weight is 234 g/mol. The van der Waals surface area contributed by atoms with Crippen molar-refractivity contribution in [3.63, 3.8) is 0 Å². The van der Waals surface area contributed by atoms with Gasteiger partial charge in [0.05, 0.1) is 18.8 Å². The molecule has 0 bridgehead atoms. The highest BCUT2D eigenvalue weighted by atomic mass is 16.5. The van der Waals surface area contributed by atoms with Crippen LogP contribution < -0.4 is 10.2 Å². The fourth-order valence-electron chi connectivity index (χ4n) is 2.35. The Bertz CT molecular complexity index is 368. The molecule has 2 fully saturated rings. The highest BCUT2D eigenvalue weighted by Crippen LogP contribution is 2.25. The van der Waals surface area contributed by atoms with Crippen molar-refractivity contribution in [2.45, 2.75) is 12.2 Å². The van der Waals surface area contributed by atoms with Crippen molar-refractivity contribution in [2.75, 3.05) is 37.7 Å². The number of rotatable bonds is 2. The van der Waals surface area contributed by atoms with Crippen LogP contribution in [0.1, 0.15) is 11.7 Å². The van der Waals surface area contributed by atoms with Crippen LogP contribution in [0, 0.1) is 0 Å². The molecule has 1 aromatic carbocycles. The van der Waals surface area contributed by atoms with E-state index in [0.717, 1.165) is 32.8 Å². The molecule has 0 unspecified atom stereocenters. The van der Waals surface area contributed by atoms with Gasteiger partial charge in [-0.15, -0.1) is 0 Å². The molecule has 17 heavy (non-hydrogen) atoms. The summed E-state index contributed by atoms with van der Waals surface area (Å²) in [5, 5.41) is 12.6. The van der Waals surface area contributed by atoms with Gasteiger partial charge >= 0.3 is 0 Å². The van der Waals surface area contributed by atoms with Crippen molar-refractivity contribution in [3.8, 4) is 0 Å². The Labute approximate surface area is 101 Å². The SMILES string of the molecule is OC1CN(c2ccc([C@H]3CNCCO3)cc2)C1. The molecule has 4 heteroatoms. The maximum atomic E-state index is 9.27. The minimum atomic E-state index is -0.152. The lowest BCUT2D eigenvalue weighted by Gasteiger charge is -2.38. The number of anilines is 1. The molecule has 0 amide bonds. The monoisotopic (exact) mass is 234 g/mol. The number of nitrogens with one attached hydrogen (secondary N) is 1. The highest BCUT2D eigenvalue weighted by Gasteiger charge is 2.24. The number of β-amino-alcohol motifs (C(OH)–C–C–N with tert-alkyl or cyclic N) is 1. The molecule has 1 aromatic rings. The van der Waals surface area contributed by atoms with E-state index in [-0.39, 0.29) is 12.2 Å². The summed E-state index contributed by atoms with van der Waals surface area (Å²) in [6.45, 7) is 4.12. The zero-order chi connectivity index (χ0) is 11.7. The summed E-state index contributed by atoms with van der Waals surface area (Å²) >= 11 is 0. The molecule has 2 aliphatic rings. The van der Waals surface area contributed by atoms with Gasteiger partial charge in [-0.3, -0.25) is 0 Å². The standard InChI is InChI=1S/C13H18N2O2/c16-12-8-15(9-12)11-3-1-10(2-4-11)13-7-14-5-6-17-13/h1-4,12-14,16H,5-9H2/t13-/m1/s1. The first kappa shape index (κ1) is 11.0. The number of aliphatic hydroxyl groups is 1. The maximum Gasteiger partial charge on any atom is 0.0949 e. The van der Waals surface area contributed by atoms with E-state index >= 15 is 0 Å². The third-order valence-corrected chi connectivity index (χ3v) is 3.42. The van der Waals surface area contributed by atoms with Crippen molar-refractivity contribution in [2.24, 2.45) is 0 Å². The molecule has 92 valence electrons. The third kappa shape index (κ3) is 2.29. The van der Waals surface area contributed by atoms with E-state index in [1.807, 2.05) is 0 Å². The van der Waals surface area contributed by atoms with Crippen molar-refractivity contribution >= 4 is 5.69 Å². The zero-order valence-electron chi connectivity index (χ0n) is 9.80. The van der Waals surface area contributed by atoms with Gasteiger partial charge in [0.15, 0.2) is 0 Å². The number of benzene rings is 1. The number of hydrogen-bond acceptors (Lipinski definition) is 4. The molecule has 4 nitrogen and oxygen atoms in total. The molecule has 0 radical (unpaired) electrons. The summed E-state index contributed by atoms with van der Waals surface area (Å²) in [7, 11) is 0. The summed E-state index contributed by atoms with van der Waals surface area (Å²) in [6, 6.07) is 8.47. The lowest BCUT2D eigenvalue weighted by molar-refractivity contribution is 0.0277. The largest absolute Gasteiger partial charge is 0.389 e. The predicted molar refractivity (Wildman–Crippen MR) is 66.2 cm³/mol. The molecule has 2 saturated heterocycles. The second-order valence-electron chi connectivity index (χ2n) is 4.71. The quantitative estimate of drug-likeness (QED) is 0.783. The van der Waals surface area contributed by atoms with Gasteiger partial charge in [-0.2, -0.15) is 0 Å². The molecule has 3 rings (SSSR count). The van der Waals surface area contributed by atoms with Gasteiger partial charge in [-0.25, -0.2) is 0 Å². The van der Waals surface area contributed by atoms with Crippen molar-refractivity contribution < 1.29 is 9.84 Å². The summed E-state index contributed by atoms with van der Waals surface area (Å²) in [5.41, 5.74) is 2.41. The minimum Gasteiger partial charge on any atom is -0.389 e. The molecule has 1 atom stereocenters. The lowest BCUT2D eigenvalue weighted by atomic mass is 10.1. The van der Waals surface area contributed by atoms with Crippen LogP contribution in [0.5, 0.6) is 0 Å². The molecule has 0 aromatic heterocycles. The Kier molecular flexibility index (Phi) is 3.01. The van der Waals surface area contributed by atoms with E-state index in [0.29, 0.717) is 0 Å². The first-order valence-electron chi connectivity index (χ1n) is 6.18. The van der Waals surface area contributed by atoms with Gasteiger partial charge in [-0.05, 0) is 17.7 Å². The minimum absolute atomic E-state index is 0.152. The highest BCUT2D eigenvalue weighted by molar-refractivity contribution is 5.50. The van der Waals surface area contributed by atoms with Crippen molar-refractivity contribution in [1.29, 1.82) is 0 Å². The topological polar surface area (TPSA) is 44.7 Å². The lowest BCUT2D eigenvalue weighted by Crippen LogP contribution is -2.50. The van der Waals surface area contributed by atoms with Gasteiger partial charge in [-0.1, -0.05) is 12.1 Å². The summed E-state index contributed by atoms with van der Waals surface area (Å²) < 4.78 is 5.71. The zero-order valence-corrected chi connectivity index (χ0v) is 9.80. The summed E-state index contributed by atoms with van der Waals surface area (Å²) in [6.07, 6.45) is 0.0281. The van der Waals surface area contributed by atoms with E-state index in [9.17, 15) is 5.11 Å². The Morgan fingerprint density at radius 1 is 1.24 bits per heavy atom. The fourth-order valence-corrected chi connectivity index (χ4v) is 2.35. The molecule has 2 aliphatic heterocycles. The number of ether oxygens (including phenoxy) is 1. The predicted octanol–water partition coefficient (Wildman–Crippen LogP) is 0.528. The molecule has 2 heterocycles. The van der Waals surface area contributed by atoms with Gasteiger partial charge in [0, 0.05) is 31.9 Å². The van der Waals surface area contributed by atoms with Gasteiger partial charge < -0.3 is 20.1 Å². The van der Waals surface area contributed by atoms with Crippen LogP contribution in [0.3, 0.4) is 0 Å². The molecule has 2 N–H and O–H groups in total. The fraction of sp³-hybridized carbons (Fsp3) is 0.538. The van der Waals surface area contributed by atoms with Crippen LogP contribution in [0.4, 0.5) is 5.69 Å². The Morgan fingerprint density at radius 3 is 2.59 bits per heavy atom. The molecule has 0 spiro atoms. The van der Waals surface area contributed by atoms with E-state index in [2.05, 4.69) is 34.5 Å². The smallest absolute Gasteiger partial charge is 0.0949 e. The van der Waals surface area contributed by atoms with Gasteiger partial charge in [0.2, 0.25) is 0 Å². The normalized spacial score (nSPS) is 25.7. The summed E-state index contributed by atoms with van der Waals surface area (Å²) in [5.74, 6) is 0. The second kappa shape index (κ2) is 4.64. The van der Waals surface area contributed by atoms with Crippen molar-refractivity contribution in [3.05, 3.63) is 29.8 Å². The van der Waals surface area contributed by atoms with Gasteiger partial charge in [0.1, 0.15) is 0 Å². The summed E-state index contributed by atoms with van der Waals surface area (Å²) in [4.78, 5) is 2.18.